The fraction of sp³-hybridized carbons (Fsp3) is 0.250. The molecule has 2 aromatic carbocycles. The van der Waals surface area contributed by atoms with Gasteiger partial charge in [-0.3, -0.25) is 0 Å². The van der Waals surface area contributed by atoms with Crippen LogP contribution in [0.4, 0.5) is 0 Å². The van der Waals surface area contributed by atoms with Crippen molar-refractivity contribution < 1.29 is 18.7 Å². The fourth-order valence-corrected chi connectivity index (χ4v) is 3.67. The quantitative estimate of drug-likeness (QED) is 0.449. The zero-order valence-corrected chi connectivity index (χ0v) is 17.2. The minimum atomic E-state index is -0.876. The van der Waals surface area contributed by atoms with E-state index < -0.39 is 5.79 Å². The summed E-state index contributed by atoms with van der Waals surface area (Å²) in [5.41, 5.74) is 3.11. The first-order valence-electron chi connectivity index (χ1n) is 10.2. The zero-order valence-electron chi connectivity index (χ0n) is 17.2. The Labute approximate surface area is 180 Å². The summed E-state index contributed by atoms with van der Waals surface area (Å²) in [7, 11) is 0. The van der Waals surface area contributed by atoms with E-state index in [4.69, 9.17) is 18.7 Å². The molecule has 1 saturated heterocycles. The van der Waals surface area contributed by atoms with E-state index >= 15 is 0 Å². The highest BCUT2D eigenvalue weighted by Gasteiger charge is 2.44. The van der Waals surface area contributed by atoms with Gasteiger partial charge in [0.1, 0.15) is 18.5 Å². The molecule has 2 atom stereocenters. The van der Waals surface area contributed by atoms with Gasteiger partial charge in [-0.15, -0.1) is 0 Å². The Hall–Kier alpha value is -3.42. The van der Waals surface area contributed by atoms with Crippen LogP contribution in [-0.4, -0.2) is 34.0 Å². The minimum Gasteiger partial charge on any atom is -0.491 e. The van der Waals surface area contributed by atoms with Crippen molar-refractivity contribution in [2.24, 2.45) is 0 Å². The van der Waals surface area contributed by atoms with Gasteiger partial charge in [0.15, 0.2) is 5.76 Å². The minimum absolute atomic E-state index is 0.196. The van der Waals surface area contributed by atoms with Gasteiger partial charge in [0.2, 0.25) is 5.79 Å². The molecule has 7 heteroatoms. The molecule has 2 aromatic heterocycles. The average molecular weight is 417 g/mol. The number of aryl methyl sites for hydroxylation is 1. The van der Waals surface area contributed by atoms with Crippen molar-refractivity contribution in [2.75, 3.05) is 13.2 Å². The summed E-state index contributed by atoms with van der Waals surface area (Å²) in [6, 6.07) is 17.8. The van der Waals surface area contributed by atoms with Gasteiger partial charge in [-0.05, 0) is 31.2 Å². The van der Waals surface area contributed by atoms with Gasteiger partial charge in [-0.1, -0.05) is 35.0 Å². The molecule has 1 aliphatic rings. The van der Waals surface area contributed by atoms with Crippen molar-refractivity contribution in [3.63, 3.8) is 0 Å². The lowest BCUT2D eigenvalue weighted by atomic mass is 10.0. The first-order valence-corrected chi connectivity index (χ1v) is 10.2. The molecule has 0 bridgehead atoms. The molecular weight excluding hydrogens is 394 g/mol. The molecule has 3 heterocycles. The molecule has 158 valence electrons. The Morgan fingerprint density at radius 3 is 2.61 bits per heavy atom. The van der Waals surface area contributed by atoms with Crippen LogP contribution < -0.4 is 4.74 Å². The number of ether oxygens (including phenoxy) is 3. The van der Waals surface area contributed by atoms with Crippen LogP contribution in [0.3, 0.4) is 0 Å². The molecule has 0 radical (unpaired) electrons. The standard InChI is InChI=1S/C24H23N3O4/c1-18-2-6-20(7-3-18)24(16-27-13-12-25-17-27)29-15-22(30-24)14-28-21-8-4-19(5-9-21)23-10-11-26-31-23/h2-13,17,22H,14-16H2,1H3. The van der Waals surface area contributed by atoms with E-state index in [1.165, 1.54) is 5.56 Å². The Morgan fingerprint density at radius 2 is 1.90 bits per heavy atom. The second-order valence-corrected chi connectivity index (χ2v) is 7.62. The van der Waals surface area contributed by atoms with Crippen LogP contribution >= 0.6 is 0 Å². The lowest BCUT2D eigenvalue weighted by Gasteiger charge is -2.29. The topological polar surface area (TPSA) is 71.5 Å². The molecule has 2 unspecified atom stereocenters. The van der Waals surface area contributed by atoms with Crippen LogP contribution in [0.2, 0.25) is 0 Å². The molecule has 0 spiro atoms. The van der Waals surface area contributed by atoms with Gasteiger partial charge in [0.05, 0.1) is 25.7 Å². The lowest BCUT2D eigenvalue weighted by molar-refractivity contribution is -0.189. The maximum atomic E-state index is 6.43. The lowest BCUT2D eigenvalue weighted by Crippen LogP contribution is -2.34. The molecule has 5 rings (SSSR count). The first-order chi connectivity index (χ1) is 15.2. The smallest absolute Gasteiger partial charge is 0.214 e. The van der Waals surface area contributed by atoms with Crippen molar-refractivity contribution in [3.8, 4) is 17.1 Å². The van der Waals surface area contributed by atoms with Crippen LogP contribution in [-0.2, 0) is 21.8 Å². The highest BCUT2D eigenvalue weighted by Crippen LogP contribution is 2.36. The van der Waals surface area contributed by atoms with Crippen LogP contribution in [0.15, 0.2) is 84.0 Å². The number of rotatable bonds is 7. The number of aromatic nitrogens is 3. The number of hydrogen-bond donors (Lipinski definition) is 0. The SMILES string of the molecule is Cc1ccc(C2(Cn3ccnc3)OCC(COc3ccc(-c4ccno4)cc3)O2)cc1. The van der Waals surface area contributed by atoms with Crippen molar-refractivity contribution >= 4 is 0 Å². The molecule has 31 heavy (non-hydrogen) atoms. The van der Waals surface area contributed by atoms with Gasteiger partial charge in [0.25, 0.3) is 0 Å². The van der Waals surface area contributed by atoms with Crippen molar-refractivity contribution in [2.45, 2.75) is 25.4 Å². The van der Waals surface area contributed by atoms with E-state index in [-0.39, 0.29) is 6.10 Å². The third kappa shape index (κ3) is 4.23. The van der Waals surface area contributed by atoms with E-state index in [9.17, 15) is 0 Å². The highest BCUT2D eigenvalue weighted by atomic mass is 16.8. The Morgan fingerprint density at radius 1 is 1.06 bits per heavy atom. The van der Waals surface area contributed by atoms with Crippen LogP contribution in [0.25, 0.3) is 11.3 Å². The Balaban J connectivity index is 1.27. The van der Waals surface area contributed by atoms with Gasteiger partial charge in [0, 0.05) is 29.6 Å². The van der Waals surface area contributed by atoms with Gasteiger partial charge in [-0.25, -0.2) is 4.98 Å². The Kier molecular flexibility index (Phi) is 5.28. The van der Waals surface area contributed by atoms with Crippen molar-refractivity contribution in [1.82, 2.24) is 14.7 Å². The maximum absolute atomic E-state index is 6.43. The molecule has 4 aromatic rings. The average Bonchev–Trinajstić information content (AvgIpc) is 3.57. The molecule has 1 aliphatic heterocycles. The Bertz CT molecular complexity index is 1090. The number of hydrogen-bond acceptors (Lipinski definition) is 6. The molecule has 1 fully saturated rings. The molecular formula is C24H23N3O4. The van der Waals surface area contributed by atoms with Gasteiger partial charge in [-0.2, -0.15) is 0 Å². The molecule has 0 amide bonds. The predicted octanol–water partition coefficient (Wildman–Crippen LogP) is 4.19. The monoisotopic (exact) mass is 417 g/mol. The first kappa shape index (κ1) is 19.5. The second kappa shape index (κ2) is 8.37. The van der Waals surface area contributed by atoms with Crippen LogP contribution in [0.1, 0.15) is 11.1 Å². The van der Waals surface area contributed by atoms with E-state index in [0.717, 1.165) is 22.6 Å². The normalized spacial score (nSPS) is 20.7. The van der Waals surface area contributed by atoms with E-state index in [0.29, 0.717) is 19.8 Å². The van der Waals surface area contributed by atoms with Crippen molar-refractivity contribution in [1.29, 1.82) is 0 Å². The summed E-state index contributed by atoms with van der Waals surface area (Å²) in [5.74, 6) is 0.606. The summed E-state index contributed by atoms with van der Waals surface area (Å²) >= 11 is 0. The third-order valence-corrected chi connectivity index (χ3v) is 5.31. The second-order valence-electron chi connectivity index (χ2n) is 7.62. The van der Waals surface area contributed by atoms with E-state index in [2.05, 4.69) is 41.3 Å². The highest BCUT2D eigenvalue weighted by molar-refractivity contribution is 5.57. The van der Waals surface area contributed by atoms with Gasteiger partial charge >= 0.3 is 0 Å². The van der Waals surface area contributed by atoms with Crippen molar-refractivity contribution in [3.05, 3.63) is 90.6 Å². The summed E-state index contributed by atoms with van der Waals surface area (Å²) < 4.78 is 25.8. The summed E-state index contributed by atoms with van der Waals surface area (Å²) in [5, 5.41) is 3.74. The van der Waals surface area contributed by atoms with Crippen LogP contribution in [0, 0.1) is 6.92 Å². The number of imidazole rings is 1. The largest absolute Gasteiger partial charge is 0.491 e. The third-order valence-electron chi connectivity index (χ3n) is 5.31. The fourth-order valence-electron chi connectivity index (χ4n) is 3.67. The molecule has 0 aliphatic carbocycles. The summed E-state index contributed by atoms with van der Waals surface area (Å²) in [6.07, 6.45) is 6.85. The van der Waals surface area contributed by atoms with E-state index in [1.54, 1.807) is 18.7 Å². The number of benzene rings is 2. The van der Waals surface area contributed by atoms with Gasteiger partial charge < -0.3 is 23.3 Å². The maximum Gasteiger partial charge on any atom is 0.214 e. The molecule has 0 N–H and O–H groups in total. The summed E-state index contributed by atoms with van der Waals surface area (Å²) in [4.78, 5) is 4.14. The van der Waals surface area contributed by atoms with Crippen LogP contribution in [0.5, 0.6) is 5.75 Å². The predicted molar refractivity (Wildman–Crippen MR) is 113 cm³/mol. The molecule has 0 saturated carbocycles. The summed E-state index contributed by atoms with van der Waals surface area (Å²) in [6.45, 7) is 3.41. The zero-order chi connectivity index (χ0) is 21.1. The number of nitrogens with zero attached hydrogens (tertiary/aromatic N) is 3. The molecule has 7 nitrogen and oxygen atoms in total. The van der Waals surface area contributed by atoms with E-state index in [1.807, 2.05) is 41.1 Å².